The maximum absolute atomic E-state index is 11.5. The van der Waals surface area contributed by atoms with E-state index in [9.17, 15) is 4.79 Å². The average Bonchev–Trinajstić information content (AvgIpc) is 2.46. The highest BCUT2D eigenvalue weighted by Crippen LogP contribution is 2.32. The molecule has 74 valence electrons. The minimum Gasteiger partial charge on any atom is -0.313 e. The fraction of sp³-hybridized carbons (Fsp3) is 0.250. The summed E-state index contributed by atoms with van der Waals surface area (Å²) >= 11 is 7.35. The van der Waals surface area contributed by atoms with Crippen molar-refractivity contribution >= 4 is 60.1 Å². The minimum absolute atomic E-state index is 0.0715. The summed E-state index contributed by atoms with van der Waals surface area (Å²) in [5.74, 6) is 0. The molecule has 2 rings (SSSR count). The Morgan fingerprint density at radius 3 is 3.07 bits per heavy atom. The summed E-state index contributed by atoms with van der Waals surface area (Å²) in [6.45, 7) is 0. The van der Waals surface area contributed by atoms with Crippen LogP contribution in [0, 0.1) is 0 Å². The van der Waals surface area contributed by atoms with Gasteiger partial charge in [-0.05, 0) is 22.4 Å². The number of alkyl halides is 1. The second-order valence-corrected chi connectivity index (χ2v) is 5.65. The molecule has 3 nitrogen and oxygen atoms in total. The summed E-state index contributed by atoms with van der Waals surface area (Å²) in [6, 6.07) is 0. The zero-order valence-corrected chi connectivity index (χ0v) is 11.6. The fourth-order valence-corrected chi connectivity index (χ4v) is 4.08. The van der Waals surface area contributed by atoms with Crippen molar-refractivity contribution in [2.24, 2.45) is 0 Å². The molecule has 0 aliphatic rings. The maximum atomic E-state index is 11.5. The molecule has 0 aromatic carbocycles. The lowest BCUT2D eigenvalue weighted by Gasteiger charge is -1.91. The minimum atomic E-state index is -0.0715. The Hall–Kier alpha value is 0.0500. The van der Waals surface area contributed by atoms with Crippen LogP contribution in [0.3, 0.4) is 0 Å². The number of halogens is 2. The normalized spacial score (nSPS) is 11.0. The molecule has 2 heterocycles. The van der Waals surface area contributed by atoms with Crippen molar-refractivity contribution in [1.29, 1.82) is 0 Å². The van der Waals surface area contributed by atoms with Crippen LogP contribution >= 0.6 is 49.9 Å². The zero-order valence-electron chi connectivity index (χ0n) is 7.01. The van der Waals surface area contributed by atoms with Gasteiger partial charge >= 0.3 is 0 Å². The van der Waals surface area contributed by atoms with Crippen LogP contribution in [0.4, 0.5) is 0 Å². The number of hydrogen-bond acceptors (Lipinski definition) is 3. The molecule has 0 spiro atoms. The first-order chi connectivity index (χ1) is 6.74. The summed E-state index contributed by atoms with van der Waals surface area (Å²) in [6.07, 6.45) is 2.42. The molecule has 0 saturated heterocycles. The highest BCUT2D eigenvalue weighted by molar-refractivity contribution is 14.1. The molecule has 6 heteroatoms. The average molecular weight is 385 g/mol. The number of thiophene rings is 1. The molecule has 0 aliphatic carbocycles. The lowest BCUT2D eigenvalue weighted by atomic mass is 10.3. The lowest BCUT2D eigenvalue weighted by molar-refractivity contribution is 1.18. The van der Waals surface area contributed by atoms with Gasteiger partial charge in [-0.2, -0.15) is 0 Å². The van der Waals surface area contributed by atoms with Crippen molar-refractivity contribution in [3.63, 3.8) is 0 Å². The van der Waals surface area contributed by atoms with E-state index in [-0.39, 0.29) is 5.56 Å². The van der Waals surface area contributed by atoms with Crippen LogP contribution in [0.2, 0.25) is 0 Å². The van der Waals surface area contributed by atoms with E-state index in [1.807, 2.05) is 0 Å². The molecule has 0 amide bonds. The fourth-order valence-electron chi connectivity index (χ4n) is 1.20. The van der Waals surface area contributed by atoms with Crippen LogP contribution in [0.1, 0.15) is 4.88 Å². The van der Waals surface area contributed by atoms with Gasteiger partial charge in [-0.25, -0.2) is 4.98 Å². The largest absolute Gasteiger partial charge is 0.313 e. The molecule has 0 fully saturated rings. The van der Waals surface area contributed by atoms with Crippen LogP contribution < -0.4 is 5.56 Å². The second kappa shape index (κ2) is 4.28. The van der Waals surface area contributed by atoms with E-state index in [1.165, 1.54) is 11.2 Å². The topological polar surface area (TPSA) is 45.8 Å². The SMILES string of the molecule is O=c1[nH]cnc2sc(CCI)c(Br)c12. The molecule has 0 unspecified atom stereocenters. The Kier molecular flexibility index (Phi) is 3.23. The second-order valence-electron chi connectivity index (χ2n) is 2.69. The summed E-state index contributed by atoms with van der Waals surface area (Å²) in [5.41, 5.74) is -0.0715. The van der Waals surface area contributed by atoms with E-state index in [1.54, 1.807) is 11.3 Å². The van der Waals surface area contributed by atoms with E-state index in [0.29, 0.717) is 5.39 Å². The van der Waals surface area contributed by atoms with Gasteiger partial charge in [0.15, 0.2) is 0 Å². The summed E-state index contributed by atoms with van der Waals surface area (Å²) < 4.78 is 1.95. The van der Waals surface area contributed by atoms with Gasteiger partial charge in [0.1, 0.15) is 4.83 Å². The molecule has 2 aromatic rings. The Bertz CT molecular complexity index is 522. The van der Waals surface area contributed by atoms with Gasteiger partial charge in [0.2, 0.25) is 0 Å². The van der Waals surface area contributed by atoms with E-state index in [4.69, 9.17) is 0 Å². The molecule has 0 aliphatic heterocycles. The van der Waals surface area contributed by atoms with Gasteiger partial charge in [-0.15, -0.1) is 11.3 Å². The third-order valence-corrected chi connectivity index (χ3v) is 4.66. The van der Waals surface area contributed by atoms with Crippen molar-refractivity contribution in [3.05, 3.63) is 26.0 Å². The molecule has 0 atom stereocenters. The predicted molar refractivity (Wildman–Crippen MR) is 70.5 cm³/mol. The number of nitrogens with zero attached hydrogens (tertiary/aromatic N) is 1. The molecule has 14 heavy (non-hydrogen) atoms. The highest BCUT2D eigenvalue weighted by atomic mass is 127. The van der Waals surface area contributed by atoms with E-state index >= 15 is 0 Å². The number of rotatable bonds is 2. The van der Waals surface area contributed by atoms with Gasteiger partial charge in [0, 0.05) is 13.8 Å². The quantitative estimate of drug-likeness (QED) is 0.639. The van der Waals surface area contributed by atoms with Crippen LogP contribution in [0.25, 0.3) is 10.2 Å². The number of aryl methyl sites for hydroxylation is 1. The number of fused-ring (bicyclic) bond motifs is 1. The third-order valence-electron chi connectivity index (χ3n) is 1.82. The van der Waals surface area contributed by atoms with Gasteiger partial charge in [-0.3, -0.25) is 4.79 Å². The first kappa shape index (κ1) is 10.6. The van der Waals surface area contributed by atoms with E-state index in [2.05, 4.69) is 48.5 Å². The van der Waals surface area contributed by atoms with Gasteiger partial charge in [0.25, 0.3) is 5.56 Å². The molecular weight excluding hydrogens is 379 g/mol. The highest BCUT2D eigenvalue weighted by Gasteiger charge is 2.12. The maximum Gasteiger partial charge on any atom is 0.260 e. The molecule has 0 saturated carbocycles. The van der Waals surface area contributed by atoms with Gasteiger partial charge in [0.05, 0.1) is 11.7 Å². The third kappa shape index (κ3) is 1.74. The van der Waals surface area contributed by atoms with Crippen LogP contribution in [-0.2, 0) is 6.42 Å². The molecule has 0 radical (unpaired) electrons. The molecule has 1 N–H and O–H groups in total. The Labute approximate surface area is 106 Å². The standard InChI is InChI=1S/C8H6BrIN2OS/c9-6-4(1-2-10)14-8-5(6)7(13)11-3-12-8/h3H,1-2H2,(H,11,12,13). The van der Waals surface area contributed by atoms with Gasteiger partial charge < -0.3 is 4.98 Å². The predicted octanol–water partition coefficient (Wildman–Crippen LogP) is 2.72. The number of hydrogen-bond donors (Lipinski definition) is 1. The van der Waals surface area contributed by atoms with Crippen molar-refractivity contribution in [1.82, 2.24) is 9.97 Å². The molecular formula is C8H6BrIN2OS. The first-order valence-electron chi connectivity index (χ1n) is 3.94. The van der Waals surface area contributed by atoms with Crippen molar-refractivity contribution < 1.29 is 0 Å². The number of H-pyrrole nitrogens is 1. The zero-order chi connectivity index (χ0) is 10.1. The van der Waals surface area contributed by atoms with Crippen molar-refractivity contribution in [3.8, 4) is 0 Å². The van der Waals surface area contributed by atoms with Gasteiger partial charge in [-0.1, -0.05) is 22.6 Å². The Morgan fingerprint density at radius 2 is 2.43 bits per heavy atom. The smallest absolute Gasteiger partial charge is 0.260 e. The Balaban J connectivity index is 2.74. The van der Waals surface area contributed by atoms with Crippen LogP contribution in [0.15, 0.2) is 15.6 Å². The van der Waals surface area contributed by atoms with Crippen LogP contribution in [0.5, 0.6) is 0 Å². The summed E-state index contributed by atoms with van der Waals surface area (Å²) in [7, 11) is 0. The number of aromatic nitrogens is 2. The van der Waals surface area contributed by atoms with Crippen LogP contribution in [-0.4, -0.2) is 14.4 Å². The van der Waals surface area contributed by atoms with E-state index < -0.39 is 0 Å². The molecule has 0 bridgehead atoms. The van der Waals surface area contributed by atoms with Crippen molar-refractivity contribution in [2.45, 2.75) is 6.42 Å². The number of aromatic amines is 1. The van der Waals surface area contributed by atoms with E-state index in [0.717, 1.165) is 20.2 Å². The van der Waals surface area contributed by atoms with Crippen molar-refractivity contribution in [2.75, 3.05) is 4.43 Å². The lowest BCUT2D eigenvalue weighted by Crippen LogP contribution is -2.04. The Morgan fingerprint density at radius 1 is 1.64 bits per heavy atom. The summed E-state index contributed by atoms with van der Waals surface area (Å²) in [4.78, 5) is 20.2. The molecule has 2 aromatic heterocycles. The number of nitrogens with one attached hydrogen (secondary N) is 1. The first-order valence-corrected chi connectivity index (χ1v) is 7.08. The monoisotopic (exact) mass is 384 g/mol. The summed E-state index contributed by atoms with van der Waals surface area (Å²) in [5, 5.41) is 0.678.